The molecule has 6 heteroatoms. The largest absolute Gasteiger partial charge is 0.508 e. The summed E-state index contributed by atoms with van der Waals surface area (Å²) in [7, 11) is 1.62. The fraction of sp³-hybridized carbons (Fsp3) is 0.231. The lowest BCUT2D eigenvalue weighted by atomic mass is 10.1. The Balaban J connectivity index is 2.25. The van der Waals surface area contributed by atoms with Crippen LogP contribution in [-0.4, -0.2) is 35.3 Å². The highest BCUT2D eigenvalue weighted by Crippen LogP contribution is 2.23. The van der Waals surface area contributed by atoms with E-state index in [4.69, 9.17) is 10.5 Å². The van der Waals surface area contributed by atoms with Crippen LogP contribution in [0.5, 0.6) is 5.75 Å². The number of phenolic OH excluding ortho intramolecular Hbond substituents is 1. The predicted octanol–water partition coefficient (Wildman–Crippen LogP) is 1.49. The summed E-state index contributed by atoms with van der Waals surface area (Å²) < 4.78 is 4.95. The standard InChI is InChI=1S/C13H16N4O2/c1-19-6-5-15-13-12(14)16-8-11(17-13)9-3-2-4-10(18)7-9/h2-4,7-8,18H,5-6H2,1H3,(H2,14,16)(H,15,17). The first-order valence-electron chi connectivity index (χ1n) is 5.85. The monoisotopic (exact) mass is 260 g/mol. The molecule has 1 aromatic heterocycles. The van der Waals surface area contributed by atoms with Crippen molar-refractivity contribution in [1.82, 2.24) is 9.97 Å². The van der Waals surface area contributed by atoms with Crippen LogP contribution >= 0.6 is 0 Å². The summed E-state index contributed by atoms with van der Waals surface area (Å²) in [6.45, 7) is 1.15. The molecule has 0 saturated carbocycles. The number of aromatic nitrogens is 2. The SMILES string of the molecule is COCCNc1nc(-c2cccc(O)c2)cnc1N. The fourth-order valence-corrected chi connectivity index (χ4v) is 1.60. The first-order chi connectivity index (χ1) is 9.20. The second-order valence-corrected chi connectivity index (χ2v) is 3.96. The Morgan fingerprint density at radius 3 is 3.00 bits per heavy atom. The van der Waals surface area contributed by atoms with Gasteiger partial charge >= 0.3 is 0 Å². The lowest BCUT2D eigenvalue weighted by Crippen LogP contribution is -2.11. The molecule has 0 saturated heterocycles. The summed E-state index contributed by atoms with van der Waals surface area (Å²) in [6.07, 6.45) is 1.58. The lowest BCUT2D eigenvalue weighted by Gasteiger charge is -2.09. The molecule has 0 atom stereocenters. The summed E-state index contributed by atoms with van der Waals surface area (Å²) in [6, 6.07) is 6.82. The number of ether oxygens (including phenoxy) is 1. The second kappa shape index (κ2) is 6.01. The second-order valence-electron chi connectivity index (χ2n) is 3.96. The van der Waals surface area contributed by atoms with E-state index in [0.29, 0.717) is 30.5 Å². The van der Waals surface area contributed by atoms with Gasteiger partial charge in [0.15, 0.2) is 11.6 Å². The maximum absolute atomic E-state index is 9.47. The third-order valence-corrected chi connectivity index (χ3v) is 2.54. The molecule has 2 aromatic rings. The van der Waals surface area contributed by atoms with Crippen LogP contribution < -0.4 is 11.1 Å². The van der Waals surface area contributed by atoms with Crippen molar-refractivity contribution in [2.24, 2.45) is 0 Å². The Bertz CT molecular complexity index is 560. The van der Waals surface area contributed by atoms with Crippen molar-refractivity contribution in [2.45, 2.75) is 0 Å². The minimum atomic E-state index is 0.185. The van der Waals surface area contributed by atoms with Crippen LogP contribution in [0.3, 0.4) is 0 Å². The molecule has 1 heterocycles. The van der Waals surface area contributed by atoms with Gasteiger partial charge in [-0.3, -0.25) is 0 Å². The van der Waals surface area contributed by atoms with Crippen LogP contribution in [0.1, 0.15) is 0 Å². The zero-order valence-electron chi connectivity index (χ0n) is 10.6. The topological polar surface area (TPSA) is 93.3 Å². The van der Waals surface area contributed by atoms with Gasteiger partial charge in [-0.25, -0.2) is 9.97 Å². The summed E-state index contributed by atoms with van der Waals surface area (Å²) in [5, 5.41) is 12.5. The number of rotatable bonds is 5. The van der Waals surface area contributed by atoms with Crippen molar-refractivity contribution in [1.29, 1.82) is 0 Å². The Labute approximate surface area is 111 Å². The van der Waals surface area contributed by atoms with Crippen molar-refractivity contribution in [3.63, 3.8) is 0 Å². The Morgan fingerprint density at radius 2 is 2.26 bits per heavy atom. The Kier molecular flexibility index (Phi) is 4.15. The Hall–Kier alpha value is -2.34. The minimum absolute atomic E-state index is 0.185. The number of aromatic hydroxyl groups is 1. The van der Waals surface area contributed by atoms with Crippen molar-refractivity contribution >= 4 is 11.6 Å². The summed E-state index contributed by atoms with van der Waals surface area (Å²) in [5.74, 6) is 1.03. The first kappa shape index (κ1) is 13.1. The molecule has 0 fully saturated rings. The van der Waals surface area contributed by atoms with E-state index >= 15 is 0 Å². The molecule has 2 rings (SSSR count). The molecule has 0 aliphatic heterocycles. The molecule has 6 nitrogen and oxygen atoms in total. The van der Waals surface area contributed by atoms with Gasteiger partial charge in [0, 0.05) is 19.2 Å². The van der Waals surface area contributed by atoms with Crippen molar-refractivity contribution < 1.29 is 9.84 Å². The number of hydrogen-bond acceptors (Lipinski definition) is 6. The molecule has 0 aliphatic rings. The average Bonchev–Trinajstić information content (AvgIpc) is 2.41. The number of anilines is 2. The molecule has 19 heavy (non-hydrogen) atoms. The number of nitrogens with two attached hydrogens (primary N) is 1. The van der Waals surface area contributed by atoms with Gasteiger partial charge in [0.05, 0.1) is 18.5 Å². The predicted molar refractivity (Wildman–Crippen MR) is 73.9 cm³/mol. The van der Waals surface area contributed by atoms with E-state index in [0.717, 1.165) is 5.56 Å². The third-order valence-electron chi connectivity index (χ3n) is 2.54. The van der Waals surface area contributed by atoms with Gasteiger partial charge in [-0.2, -0.15) is 0 Å². The highest BCUT2D eigenvalue weighted by atomic mass is 16.5. The van der Waals surface area contributed by atoms with E-state index in [9.17, 15) is 5.11 Å². The van der Waals surface area contributed by atoms with Gasteiger partial charge < -0.3 is 20.9 Å². The third kappa shape index (κ3) is 3.32. The smallest absolute Gasteiger partial charge is 0.169 e. The molecule has 0 unspecified atom stereocenters. The van der Waals surface area contributed by atoms with Crippen LogP contribution in [0.2, 0.25) is 0 Å². The number of phenols is 1. The fourth-order valence-electron chi connectivity index (χ4n) is 1.60. The molecule has 1 aromatic carbocycles. The van der Waals surface area contributed by atoms with E-state index in [1.54, 1.807) is 31.5 Å². The van der Waals surface area contributed by atoms with Crippen LogP contribution in [0.15, 0.2) is 30.5 Å². The maximum atomic E-state index is 9.47. The highest BCUT2D eigenvalue weighted by Gasteiger charge is 2.06. The van der Waals surface area contributed by atoms with E-state index in [1.165, 1.54) is 0 Å². The number of benzene rings is 1. The average molecular weight is 260 g/mol. The first-order valence-corrected chi connectivity index (χ1v) is 5.85. The lowest BCUT2D eigenvalue weighted by molar-refractivity contribution is 0.210. The summed E-state index contributed by atoms with van der Waals surface area (Å²) in [4.78, 5) is 8.48. The zero-order valence-corrected chi connectivity index (χ0v) is 10.6. The van der Waals surface area contributed by atoms with Gasteiger partial charge in [0.1, 0.15) is 5.75 Å². The van der Waals surface area contributed by atoms with Crippen molar-refractivity contribution in [3.8, 4) is 17.0 Å². The molecule has 4 N–H and O–H groups in total. The van der Waals surface area contributed by atoms with Crippen molar-refractivity contribution in [2.75, 3.05) is 31.3 Å². The van der Waals surface area contributed by atoms with Crippen LogP contribution in [0.4, 0.5) is 11.6 Å². The highest BCUT2D eigenvalue weighted by molar-refractivity contribution is 5.66. The zero-order chi connectivity index (χ0) is 13.7. The molecular weight excluding hydrogens is 244 g/mol. The van der Waals surface area contributed by atoms with Gasteiger partial charge in [-0.05, 0) is 12.1 Å². The maximum Gasteiger partial charge on any atom is 0.169 e. The Morgan fingerprint density at radius 1 is 1.42 bits per heavy atom. The van der Waals surface area contributed by atoms with Gasteiger partial charge in [0.2, 0.25) is 0 Å². The minimum Gasteiger partial charge on any atom is -0.508 e. The van der Waals surface area contributed by atoms with E-state index in [1.807, 2.05) is 6.07 Å². The number of hydrogen-bond donors (Lipinski definition) is 3. The van der Waals surface area contributed by atoms with Crippen molar-refractivity contribution in [3.05, 3.63) is 30.5 Å². The van der Waals surface area contributed by atoms with Crippen LogP contribution in [0.25, 0.3) is 11.3 Å². The molecule has 0 radical (unpaired) electrons. The number of nitrogens with zero attached hydrogens (tertiary/aromatic N) is 2. The van der Waals surface area contributed by atoms with Gasteiger partial charge in [0.25, 0.3) is 0 Å². The number of nitrogen functional groups attached to an aromatic ring is 1. The summed E-state index contributed by atoms with van der Waals surface area (Å²) in [5.41, 5.74) is 7.18. The normalized spacial score (nSPS) is 10.4. The van der Waals surface area contributed by atoms with Gasteiger partial charge in [-0.1, -0.05) is 12.1 Å². The molecule has 100 valence electrons. The van der Waals surface area contributed by atoms with E-state index in [2.05, 4.69) is 15.3 Å². The number of methoxy groups -OCH3 is 1. The summed E-state index contributed by atoms with van der Waals surface area (Å²) >= 11 is 0. The van der Waals surface area contributed by atoms with Crippen LogP contribution in [-0.2, 0) is 4.74 Å². The van der Waals surface area contributed by atoms with E-state index in [-0.39, 0.29) is 5.75 Å². The molecular formula is C13H16N4O2. The van der Waals surface area contributed by atoms with Gasteiger partial charge in [-0.15, -0.1) is 0 Å². The molecule has 0 spiro atoms. The van der Waals surface area contributed by atoms with Crippen LogP contribution in [0, 0.1) is 0 Å². The van der Waals surface area contributed by atoms with E-state index < -0.39 is 0 Å². The molecule has 0 bridgehead atoms. The quantitative estimate of drug-likeness (QED) is 0.705. The molecule has 0 aliphatic carbocycles. The molecule has 0 amide bonds. The number of nitrogens with one attached hydrogen (secondary N) is 1.